The molecule has 0 aliphatic heterocycles. The van der Waals surface area contributed by atoms with E-state index in [2.05, 4.69) is 6.58 Å². The summed E-state index contributed by atoms with van der Waals surface area (Å²) in [7, 11) is 0. The van der Waals surface area contributed by atoms with Crippen molar-refractivity contribution in [2.24, 2.45) is 0 Å². The highest BCUT2D eigenvalue weighted by molar-refractivity contribution is 6.29. The zero-order chi connectivity index (χ0) is 10.6. The minimum atomic E-state index is -0.590. The van der Waals surface area contributed by atoms with Crippen LogP contribution in [0.15, 0.2) is 29.8 Å². The van der Waals surface area contributed by atoms with Crippen LogP contribution in [0.5, 0.6) is 5.75 Å². The monoisotopic (exact) mass is 214 g/mol. The molecule has 0 aliphatic carbocycles. The van der Waals surface area contributed by atoms with Crippen LogP contribution in [0.25, 0.3) is 0 Å². The van der Waals surface area contributed by atoms with Gasteiger partial charge in [0, 0.05) is 10.6 Å². The molecule has 0 atom stereocenters. The van der Waals surface area contributed by atoms with Crippen LogP contribution in [0.3, 0.4) is 0 Å². The van der Waals surface area contributed by atoms with E-state index in [4.69, 9.17) is 16.3 Å². The topological polar surface area (TPSA) is 26.3 Å². The molecule has 0 saturated heterocycles. The number of carbonyl (C=O) groups excluding carboxylic acids is 1. The van der Waals surface area contributed by atoms with Crippen LogP contribution >= 0.6 is 11.6 Å². The van der Waals surface area contributed by atoms with Gasteiger partial charge >= 0.3 is 0 Å². The smallest absolute Gasteiger partial charge is 0.165 e. The maximum atomic E-state index is 13.1. The van der Waals surface area contributed by atoms with Crippen LogP contribution < -0.4 is 4.74 Å². The Hall–Kier alpha value is -1.35. The Labute approximate surface area is 85.9 Å². The molecule has 1 rings (SSSR count). The molecule has 0 spiro atoms. The van der Waals surface area contributed by atoms with Crippen LogP contribution in [0.2, 0.25) is 0 Å². The Bertz CT molecular complexity index is 363. The SMILES string of the molecule is C=C(Cl)COc1ccc(C=O)cc1F. The third kappa shape index (κ3) is 2.85. The van der Waals surface area contributed by atoms with Crippen molar-refractivity contribution < 1.29 is 13.9 Å². The zero-order valence-corrected chi connectivity index (χ0v) is 8.05. The maximum absolute atomic E-state index is 13.1. The van der Waals surface area contributed by atoms with Gasteiger partial charge in [-0.2, -0.15) is 0 Å². The van der Waals surface area contributed by atoms with E-state index in [1.54, 1.807) is 0 Å². The summed E-state index contributed by atoms with van der Waals surface area (Å²) in [6.45, 7) is 3.44. The first-order valence-corrected chi connectivity index (χ1v) is 4.22. The zero-order valence-electron chi connectivity index (χ0n) is 7.30. The Kier molecular flexibility index (Phi) is 3.65. The second-order valence-corrected chi connectivity index (χ2v) is 3.15. The molecular weight excluding hydrogens is 207 g/mol. The van der Waals surface area contributed by atoms with E-state index in [0.29, 0.717) is 6.29 Å². The van der Waals surface area contributed by atoms with E-state index in [1.807, 2.05) is 0 Å². The first-order chi connectivity index (χ1) is 6.63. The van der Waals surface area contributed by atoms with Crippen molar-refractivity contribution in [3.8, 4) is 5.75 Å². The predicted molar refractivity (Wildman–Crippen MR) is 52.3 cm³/mol. The highest BCUT2D eigenvalue weighted by atomic mass is 35.5. The summed E-state index contributed by atoms with van der Waals surface area (Å²) in [6, 6.07) is 3.93. The molecule has 0 N–H and O–H groups in total. The largest absolute Gasteiger partial charge is 0.485 e. The Balaban J connectivity index is 2.78. The normalized spacial score (nSPS) is 9.57. The van der Waals surface area contributed by atoms with Crippen LogP contribution in [-0.2, 0) is 0 Å². The quantitative estimate of drug-likeness (QED) is 0.721. The van der Waals surface area contributed by atoms with E-state index in [-0.39, 0.29) is 23.0 Å². The molecule has 0 saturated carbocycles. The van der Waals surface area contributed by atoms with Crippen LogP contribution in [0, 0.1) is 5.82 Å². The number of halogens is 2. The van der Waals surface area contributed by atoms with Crippen molar-refractivity contribution in [2.45, 2.75) is 0 Å². The highest BCUT2D eigenvalue weighted by Crippen LogP contribution is 2.18. The average Bonchev–Trinajstić information content (AvgIpc) is 2.15. The summed E-state index contributed by atoms with van der Waals surface area (Å²) in [5.41, 5.74) is 0.263. The fourth-order valence-corrected chi connectivity index (χ4v) is 0.918. The van der Waals surface area contributed by atoms with E-state index in [1.165, 1.54) is 12.1 Å². The fraction of sp³-hybridized carbons (Fsp3) is 0.100. The van der Waals surface area contributed by atoms with Gasteiger partial charge in [0.2, 0.25) is 0 Å². The highest BCUT2D eigenvalue weighted by Gasteiger charge is 2.04. The maximum Gasteiger partial charge on any atom is 0.165 e. The van der Waals surface area contributed by atoms with Gasteiger partial charge in [-0.05, 0) is 18.2 Å². The number of rotatable bonds is 4. The molecule has 0 fully saturated rings. The molecule has 0 bridgehead atoms. The molecule has 0 radical (unpaired) electrons. The van der Waals surface area contributed by atoms with Gasteiger partial charge in [0.05, 0.1) is 0 Å². The number of benzene rings is 1. The summed E-state index contributed by atoms with van der Waals surface area (Å²) in [4.78, 5) is 10.3. The second kappa shape index (κ2) is 4.77. The third-order valence-electron chi connectivity index (χ3n) is 1.48. The van der Waals surface area contributed by atoms with Crippen LogP contribution in [-0.4, -0.2) is 12.9 Å². The standard InChI is InChI=1S/C10H8ClFO2/c1-7(11)6-14-10-3-2-8(5-13)4-9(10)12/h2-5H,1,6H2. The van der Waals surface area contributed by atoms with Crippen molar-refractivity contribution in [1.82, 2.24) is 0 Å². The molecule has 4 heteroatoms. The van der Waals surface area contributed by atoms with Crippen molar-refractivity contribution >= 4 is 17.9 Å². The molecule has 2 nitrogen and oxygen atoms in total. The average molecular weight is 215 g/mol. The molecule has 74 valence electrons. The van der Waals surface area contributed by atoms with Crippen molar-refractivity contribution in [1.29, 1.82) is 0 Å². The molecule has 1 aromatic rings. The van der Waals surface area contributed by atoms with E-state index >= 15 is 0 Å². The summed E-state index contributed by atoms with van der Waals surface area (Å²) >= 11 is 5.44. The Morgan fingerprint density at radius 2 is 2.36 bits per heavy atom. The molecule has 14 heavy (non-hydrogen) atoms. The summed E-state index contributed by atoms with van der Waals surface area (Å²) in [5.74, 6) is -0.537. The molecule has 0 aliphatic rings. The fourth-order valence-electron chi connectivity index (χ4n) is 0.864. The van der Waals surface area contributed by atoms with Gasteiger partial charge in [-0.3, -0.25) is 4.79 Å². The number of hydrogen-bond donors (Lipinski definition) is 0. The van der Waals surface area contributed by atoms with Gasteiger partial charge in [0.15, 0.2) is 11.6 Å². The van der Waals surface area contributed by atoms with Crippen LogP contribution in [0.4, 0.5) is 4.39 Å². The lowest BCUT2D eigenvalue weighted by molar-refractivity contribution is 0.112. The summed E-state index contributed by atoms with van der Waals surface area (Å²) < 4.78 is 18.1. The van der Waals surface area contributed by atoms with Gasteiger partial charge in [-0.1, -0.05) is 18.2 Å². The van der Waals surface area contributed by atoms with Gasteiger partial charge in [-0.25, -0.2) is 4.39 Å². The Morgan fingerprint density at radius 1 is 1.64 bits per heavy atom. The lowest BCUT2D eigenvalue weighted by atomic mass is 10.2. The van der Waals surface area contributed by atoms with Gasteiger partial charge in [-0.15, -0.1) is 0 Å². The molecule has 0 aromatic heterocycles. The van der Waals surface area contributed by atoms with Crippen molar-refractivity contribution in [3.05, 3.63) is 41.2 Å². The lowest BCUT2D eigenvalue weighted by Gasteiger charge is -2.05. The second-order valence-electron chi connectivity index (χ2n) is 2.61. The summed E-state index contributed by atoms with van der Waals surface area (Å²) in [6.07, 6.45) is 0.563. The van der Waals surface area contributed by atoms with Crippen molar-refractivity contribution in [2.75, 3.05) is 6.61 Å². The van der Waals surface area contributed by atoms with E-state index in [9.17, 15) is 9.18 Å². The van der Waals surface area contributed by atoms with Gasteiger partial charge in [0.1, 0.15) is 12.9 Å². The number of ether oxygens (including phenoxy) is 1. The Morgan fingerprint density at radius 3 is 2.86 bits per heavy atom. The number of aldehydes is 1. The van der Waals surface area contributed by atoms with Gasteiger partial charge in [0.25, 0.3) is 0 Å². The number of carbonyl (C=O) groups is 1. The molecule has 0 amide bonds. The van der Waals surface area contributed by atoms with E-state index in [0.717, 1.165) is 6.07 Å². The molecule has 0 unspecified atom stereocenters. The summed E-state index contributed by atoms with van der Waals surface area (Å²) in [5, 5.41) is 0.281. The minimum absolute atomic E-state index is 0.0406. The first-order valence-electron chi connectivity index (χ1n) is 3.84. The van der Waals surface area contributed by atoms with Crippen LogP contribution in [0.1, 0.15) is 10.4 Å². The number of hydrogen-bond acceptors (Lipinski definition) is 2. The predicted octanol–water partition coefficient (Wildman–Crippen LogP) is 2.77. The third-order valence-corrected chi connectivity index (χ3v) is 1.59. The molecule has 0 heterocycles. The van der Waals surface area contributed by atoms with Gasteiger partial charge < -0.3 is 4.74 Å². The van der Waals surface area contributed by atoms with Crippen molar-refractivity contribution in [3.63, 3.8) is 0 Å². The minimum Gasteiger partial charge on any atom is -0.485 e. The first kappa shape index (κ1) is 10.7. The molecule has 1 aromatic carbocycles. The lowest BCUT2D eigenvalue weighted by Crippen LogP contribution is -1.98. The van der Waals surface area contributed by atoms with E-state index < -0.39 is 5.82 Å². The molecular formula is C10H8ClFO2.